The number of aliphatic hydroxyl groups excluding tert-OH is 1. The smallest absolute Gasteiger partial charge is 0.331 e. The molecule has 66 valence electrons. The van der Waals surface area contributed by atoms with Crippen LogP contribution in [0.2, 0.25) is 0 Å². The average Bonchev–Trinajstić information content (AvgIpc) is 1.97. The molecule has 1 aliphatic rings. The summed E-state index contributed by atoms with van der Waals surface area (Å²) < 4.78 is 0. The van der Waals surface area contributed by atoms with Crippen molar-refractivity contribution in [1.29, 1.82) is 0 Å². The molecule has 0 spiro atoms. The van der Waals surface area contributed by atoms with Gasteiger partial charge in [-0.15, -0.1) is 0 Å². The summed E-state index contributed by atoms with van der Waals surface area (Å²) in [5.41, 5.74) is 4.70. The summed E-state index contributed by atoms with van der Waals surface area (Å²) in [6.45, 7) is 1.77. The Morgan fingerprint density at radius 2 is 2.25 bits per heavy atom. The molecule has 0 radical (unpaired) electrons. The number of aliphatic hydroxyl groups is 1. The minimum absolute atomic E-state index is 0.157. The summed E-state index contributed by atoms with van der Waals surface area (Å²) in [6.07, 6.45) is 3.14. The predicted molar refractivity (Wildman–Crippen MR) is 43.6 cm³/mol. The van der Waals surface area contributed by atoms with Crippen LogP contribution >= 0.6 is 0 Å². The Bertz CT molecular complexity index is 280. The number of aliphatic carboxylic acids is 1. The van der Waals surface area contributed by atoms with Gasteiger partial charge >= 0.3 is 5.97 Å². The van der Waals surface area contributed by atoms with Crippen LogP contribution in [0.1, 0.15) is 13.3 Å². The molecular formula is C8H11NO3. The van der Waals surface area contributed by atoms with Crippen molar-refractivity contribution in [3.63, 3.8) is 0 Å². The van der Waals surface area contributed by atoms with Gasteiger partial charge in [-0.05, 0) is 13.0 Å². The van der Waals surface area contributed by atoms with Crippen LogP contribution in [0.3, 0.4) is 0 Å². The Balaban J connectivity index is 3.04. The van der Waals surface area contributed by atoms with E-state index in [2.05, 4.69) is 0 Å². The molecule has 0 aromatic carbocycles. The third kappa shape index (κ3) is 1.21. The number of carbonyl (C=O) groups is 1. The summed E-state index contributed by atoms with van der Waals surface area (Å²) >= 11 is 0. The van der Waals surface area contributed by atoms with Gasteiger partial charge in [-0.2, -0.15) is 0 Å². The van der Waals surface area contributed by atoms with Gasteiger partial charge in [0.2, 0.25) is 0 Å². The topological polar surface area (TPSA) is 83.5 Å². The van der Waals surface area contributed by atoms with E-state index >= 15 is 0 Å². The van der Waals surface area contributed by atoms with Crippen LogP contribution in [0.15, 0.2) is 23.5 Å². The number of hydrogen-bond donors (Lipinski definition) is 3. The van der Waals surface area contributed by atoms with Crippen LogP contribution < -0.4 is 5.73 Å². The van der Waals surface area contributed by atoms with Crippen molar-refractivity contribution in [3.8, 4) is 0 Å². The van der Waals surface area contributed by atoms with Gasteiger partial charge in [0.1, 0.15) is 5.76 Å². The van der Waals surface area contributed by atoms with Crippen LogP contribution in [0.4, 0.5) is 0 Å². The first-order valence-corrected chi connectivity index (χ1v) is 3.56. The summed E-state index contributed by atoms with van der Waals surface area (Å²) in [5, 5.41) is 18.0. The van der Waals surface area contributed by atoms with E-state index in [0.29, 0.717) is 0 Å². The molecule has 0 bridgehead atoms. The first kappa shape index (κ1) is 8.80. The molecular weight excluding hydrogens is 158 g/mol. The second-order valence-electron chi connectivity index (χ2n) is 3.02. The number of rotatable bonds is 1. The van der Waals surface area contributed by atoms with Gasteiger partial charge in [0, 0.05) is 6.42 Å². The Kier molecular flexibility index (Phi) is 1.94. The molecule has 0 fully saturated rings. The van der Waals surface area contributed by atoms with Crippen LogP contribution in [0.5, 0.6) is 0 Å². The van der Waals surface area contributed by atoms with Gasteiger partial charge in [-0.25, -0.2) is 4.79 Å². The third-order valence-electron chi connectivity index (χ3n) is 1.92. The number of nitrogens with two attached hydrogens (primary N) is 1. The fraction of sp³-hybridized carbons (Fsp3) is 0.375. The molecule has 4 heteroatoms. The van der Waals surface area contributed by atoms with E-state index in [4.69, 9.17) is 10.8 Å². The number of carboxylic acids is 1. The molecule has 4 nitrogen and oxygen atoms in total. The van der Waals surface area contributed by atoms with E-state index < -0.39 is 11.5 Å². The van der Waals surface area contributed by atoms with Crippen molar-refractivity contribution in [2.45, 2.75) is 18.9 Å². The first-order chi connectivity index (χ1) is 5.47. The van der Waals surface area contributed by atoms with E-state index in [9.17, 15) is 9.90 Å². The molecule has 0 aliphatic heterocycles. The second kappa shape index (κ2) is 2.64. The molecule has 0 saturated heterocycles. The number of hydrogen-bond acceptors (Lipinski definition) is 3. The maximum absolute atomic E-state index is 10.7. The first-order valence-electron chi connectivity index (χ1n) is 3.56. The molecule has 4 N–H and O–H groups in total. The Labute approximate surface area is 70.0 Å². The van der Waals surface area contributed by atoms with E-state index in [-0.39, 0.29) is 12.2 Å². The second-order valence-corrected chi connectivity index (χ2v) is 3.02. The molecule has 0 saturated carbocycles. The fourth-order valence-electron chi connectivity index (χ4n) is 1.14. The predicted octanol–water partition coefficient (Wildman–Crippen LogP) is 0.560. The van der Waals surface area contributed by atoms with Crippen molar-refractivity contribution in [2.75, 3.05) is 0 Å². The van der Waals surface area contributed by atoms with Crippen molar-refractivity contribution < 1.29 is 15.0 Å². The zero-order chi connectivity index (χ0) is 9.35. The highest BCUT2D eigenvalue weighted by molar-refractivity contribution is 5.83. The van der Waals surface area contributed by atoms with E-state index in [1.807, 2.05) is 0 Å². The minimum atomic E-state index is -1.63. The average molecular weight is 169 g/mol. The Morgan fingerprint density at radius 1 is 1.67 bits per heavy atom. The van der Waals surface area contributed by atoms with Gasteiger partial charge in [0.05, 0.1) is 0 Å². The Morgan fingerprint density at radius 3 is 2.67 bits per heavy atom. The summed E-state index contributed by atoms with van der Waals surface area (Å²) in [7, 11) is 0. The van der Waals surface area contributed by atoms with Crippen molar-refractivity contribution in [2.24, 2.45) is 5.73 Å². The molecule has 0 aromatic heterocycles. The van der Waals surface area contributed by atoms with Gasteiger partial charge in [-0.3, -0.25) is 0 Å². The molecule has 1 rings (SSSR count). The largest absolute Gasteiger partial charge is 0.510 e. The molecule has 0 amide bonds. The lowest BCUT2D eigenvalue weighted by Crippen LogP contribution is -2.50. The molecule has 0 aromatic rings. The lowest BCUT2D eigenvalue weighted by Gasteiger charge is -2.26. The third-order valence-corrected chi connectivity index (χ3v) is 1.92. The van der Waals surface area contributed by atoms with Gasteiger partial charge < -0.3 is 15.9 Å². The van der Waals surface area contributed by atoms with Gasteiger partial charge in [0.25, 0.3) is 0 Å². The van der Waals surface area contributed by atoms with Crippen LogP contribution in [-0.2, 0) is 4.79 Å². The number of allylic oxidation sites excluding steroid dienone is 2. The molecule has 12 heavy (non-hydrogen) atoms. The van der Waals surface area contributed by atoms with Crippen LogP contribution in [0.25, 0.3) is 0 Å². The standard InChI is InChI=1S/C8H11NO3/c1-5-2-3-6(10)8(9,4-5)7(11)12/h2-3,10H,4,9H2,1H3,(H,11,12). The monoisotopic (exact) mass is 169 g/mol. The summed E-state index contributed by atoms with van der Waals surface area (Å²) in [4.78, 5) is 10.7. The lowest BCUT2D eigenvalue weighted by molar-refractivity contribution is -0.142. The maximum Gasteiger partial charge on any atom is 0.331 e. The quantitative estimate of drug-likeness (QED) is 0.535. The van der Waals surface area contributed by atoms with Crippen molar-refractivity contribution in [1.82, 2.24) is 0 Å². The molecule has 1 aliphatic carbocycles. The number of carboxylic acid groups (broad SMARTS) is 1. The van der Waals surface area contributed by atoms with E-state index in [1.54, 1.807) is 13.0 Å². The molecule has 1 unspecified atom stereocenters. The molecule has 0 heterocycles. The van der Waals surface area contributed by atoms with Crippen LogP contribution in [0, 0.1) is 0 Å². The van der Waals surface area contributed by atoms with E-state index in [0.717, 1.165) is 5.57 Å². The fourth-order valence-corrected chi connectivity index (χ4v) is 1.14. The molecule has 1 atom stereocenters. The van der Waals surface area contributed by atoms with Crippen molar-refractivity contribution >= 4 is 5.97 Å². The van der Waals surface area contributed by atoms with Gasteiger partial charge in [-0.1, -0.05) is 11.6 Å². The minimum Gasteiger partial charge on any atom is -0.510 e. The van der Waals surface area contributed by atoms with E-state index in [1.165, 1.54) is 6.08 Å². The van der Waals surface area contributed by atoms with Crippen molar-refractivity contribution in [3.05, 3.63) is 23.5 Å². The highest BCUT2D eigenvalue weighted by Crippen LogP contribution is 2.25. The summed E-state index contributed by atoms with van der Waals surface area (Å²) in [6, 6.07) is 0. The highest BCUT2D eigenvalue weighted by Gasteiger charge is 2.39. The SMILES string of the molecule is CC1=CC=C(O)C(N)(C(=O)O)C1. The zero-order valence-corrected chi connectivity index (χ0v) is 6.74. The summed E-state index contributed by atoms with van der Waals surface area (Å²) in [5.74, 6) is -1.50. The van der Waals surface area contributed by atoms with Gasteiger partial charge in [0.15, 0.2) is 5.54 Å². The van der Waals surface area contributed by atoms with Crippen LogP contribution in [-0.4, -0.2) is 21.7 Å². The highest BCUT2D eigenvalue weighted by atomic mass is 16.4. The Hall–Kier alpha value is -1.29. The normalized spacial score (nSPS) is 29.2. The lowest BCUT2D eigenvalue weighted by atomic mass is 9.86. The maximum atomic E-state index is 10.7. The zero-order valence-electron chi connectivity index (χ0n) is 6.74.